The van der Waals surface area contributed by atoms with Crippen molar-refractivity contribution in [2.45, 2.75) is 0 Å². The zero-order valence-electron chi connectivity index (χ0n) is 3.82. The molecule has 1 N–H and O–H groups in total. The molecule has 0 fully saturated rings. The van der Waals surface area contributed by atoms with E-state index in [1.165, 1.54) is 11.8 Å². The third-order valence-corrected chi connectivity index (χ3v) is 0.803. The van der Waals surface area contributed by atoms with Crippen molar-refractivity contribution < 1.29 is 47.6 Å². The monoisotopic (exact) mass is 146 g/mol. The van der Waals surface area contributed by atoms with Gasteiger partial charge in [0, 0.05) is 37.7 Å². The molecule has 0 aliphatic heterocycles. The van der Waals surface area contributed by atoms with Gasteiger partial charge >= 0.3 is 5.97 Å². The molecule has 7 heavy (non-hydrogen) atoms. The van der Waals surface area contributed by atoms with Crippen molar-refractivity contribution in [2.24, 2.45) is 0 Å². The number of thioether (sulfide) groups is 1. The molecule has 44 valence electrons. The minimum Gasteiger partial charge on any atom is -0.481 e. The molecule has 0 aromatic carbocycles. The van der Waals surface area contributed by atoms with E-state index in [2.05, 4.69) is 0 Å². The summed E-state index contributed by atoms with van der Waals surface area (Å²) in [5.41, 5.74) is 0. The van der Waals surface area contributed by atoms with Crippen LogP contribution in [0.15, 0.2) is 0 Å². The molecule has 0 aromatic rings. The van der Waals surface area contributed by atoms with E-state index < -0.39 is 5.97 Å². The first-order valence-corrected chi connectivity index (χ1v) is 2.87. The quantitative estimate of drug-likeness (QED) is 0.614. The van der Waals surface area contributed by atoms with Crippen LogP contribution in [0, 0.1) is 37.7 Å². The number of hydrogen-bond donors (Lipinski definition) is 1. The number of carboxylic acid groups (broad SMARTS) is 1. The summed E-state index contributed by atoms with van der Waals surface area (Å²) >= 11 is 1.31. The van der Waals surface area contributed by atoms with Crippen molar-refractivity contribution in [1.29, 1.82) is 0 Å². The van der Waals surface area contributed by atoms with E-state index in [0.29, 0.717) is 0 Å². The molecule has 0 unspecified atom stereocenters. The molecule has 4 heteroatoms. The van der Waals surface area contributed by atoms with Crippen LogP contribution in [0.4, 0.5) is 0 Å². The fraction of sp³-hybridized carbons (Fsp3) is 0.667. The second-order valence-corrected chi connectivity index (χ2v) is 1.69. The van der Waals surface area contributed by atoms with Gasteiger partial charge in [-0.05, 0) is 6.26 Å². The van der Waals surface area contributed by atoms with Crippen LogP contribution < -0.4 is 0 Å². The molecule has 0 heterocycles. The Morgan fingerprint density at radius 1 is 1.86 bits per heavy atom. The molecular formula is C3H6ArO2S. The van der Waals surface area contributed by atoms with Crippen LogP contribution in [0.25, 0.3) is 0 Å². The molecule has 0 aliphatic rings. The summed E-state index contributed by atoms with van der Waals surface area (Å²) in [6, 6.07) is 0. The van der Waals surface area contributed by atoms with Crippen LogP contribution >= 0.6 is 11.8 Å². The number of hydrogen-bond acceptors (Lipinski definition) is 2. The van der Waals surface area contributed by atoms with Gasteiger partial charge in [-0.15, -0.1) is 0 Å². The maximum atomic E-state index is 9.58. The summed E-state index contributed by atoms with van der Waals surface area (Å²) in [6.07, 6.45) is 1.76. The number of carbonyl (C=O) groups is 1. The van der Waals surface area contributed by atoms with Gasteiger partial charge in [-0.3, -0.25) is 4.79 Å². The van der Waals surface area contributed by atoms with Crippen molar-refractivity contribution >= 4 is 17.7 Å². The maximum Gasteiger partial charge on any atom is 0.313 e. The Morgan fingerprint density at radius 3 is 2.29 bits per heavy atom. The summed E-state index contributed by atoms with van der Waals surface area (Å²) in [4.78, 5) is 9.58. The Morgan fingerprint density at radius 2 is 2.29 bits per heavy atom. The minimum atomic E-state index is -0.748. The molecule has 2 nitrogen and oxygen atoms in total. The fourth-order valence-electron chi connectivity index (χ4n) is 0.123. The Bertz CT molecular complexity index is 56.9. The first-order chi connectivity index (χ1) is 2.77. The van der Waals surface area contributed by atoms with Crippen molar-refractivity contribution in [3.8, 4) is 0 Å². The second-order valence-electron chi connectivity index (χ2n) is 0.827. The Balaban J connectivity index is 0. The SMILES string of the molecule is CSCC(=O)O.[Ar]. The smallest absolute Gasteiger partial charge is 0.313 e. The zero-order valence-corrected chi connectivity index (χ0v) is 5.35. The average Bonchev–Trinajstić information content (AvgIpc) is 1.35. The van der Waals surface area contributed by atoms with E-state index in [1.807, 2.05) is 0 Å². The summed E-state index contributed by atoms with van der Waals surface area (Å²) in [5.74, 6) is -0.539. The molecule has 0 rings (SSSR count). The van der Waals surface area contributed by atoms with Crippen LogP contribution in [0.5, 0.6) is 0 Å². The van der Waals surface area contributed by atoms with Crippen molar-refractivity contribution in [2.75, 3.05) is 12.0 Å². The summed E-state index contributed by atoms with van der Waals surface area (Å²) in [6.45, 7) is 0. The van der Waals surface area contributed by atoms with Crippen LogP contribution in [0.3, 0.4) is 0 Å². The van der Waals surface area contributed by atoms with Gasteiger partial charge in [0.25, 0.3) is 0 Å². The third kappa shape index (κ3) is 11.0. The van der Waals surface area contributed by atoms with Gasteiger partial charge in [0.15, 0.2) is 0 Å². The largest absolute Gasteiger partial charge is 0.481 e. The summed E-state index contributed by atoms with van der Waals surface area (Å²) < 4.78 is 0. The molecule has 0 amide bonds. The number of carboxylic acids is 1. The van der Waals surface area contributed by atoms with Crippen molar-refractivity contribution in [3.05, 3.63) is 0 Å². The third-order valence-electron chi connectivity index (χ3n) is 0.268. The minimum absolute atomic E-state index is 0. The summed E-state index contributed by atoms with van der Waals surface area (Å²) in [7, 11) is 0. The molecule has 0 aliphatic carbocycles. The first-order valence-electron chi connectivity index (χ1n) is 1.48. The van der Waals surface area contributed by atoms with Gasteiger partial charge in [0.2, 0.25) is 0 Å². The maximum absolute atomic E-state index is 9.58. The Labute approximate surface area is 76.7 Å². The molecule has 0 spiro atoms. The summed E-state index contributed by atoms with van der Waals surface area (Å²) in [5, 5.41) is 7.89. The molecule has 0 atom stereocenters. The van der Waals surface area contributed by atoms with Crippen LogP contribution in [-0.2, 0) is 4.79 Å². The molecule has 0 saturated heterocycles. The van der Waals surface area contributed by atoms with Gasteiger partial charge in [0.1, 0.15) is 0 Å². The topological polar surface area (TPSA) is 37.3 Å². The number of aliphatic carboxylic acids is 1. The van der Waals surface area contributed by atoms with Gasteiger partial charge in [-0.2, -0.15) is 11.8 Å². The van der Waals surface area contributed by atoms with Gasteiger partial charge in [-0.1, -0.05) is 0 Å². The van der Waals surface area contributed by atoms with E-state index >= 15 is 0 Å². The normalized spacial score (nSPS) is 7.00. The van der Waals surface area contributed by atoms with E-state index in [1.54, 1.807) is 6.26 Å². The number of rotatable bonds is 2. The Hall–Kier alpha value is 1.08. The predicted molar refractivity (Wildman–Crippen MR) is 26.0 cm³/mol. The molecule has 0 saturated carbocycles. The van der Waals surface area contributed by atoms with E-state index in [9.17, 15) is 4.79 Å². The van der Waals surface area contributed by atoms with Gasteiger partial charge in [-0.25, -0.2) is 0 Å². The molecule has 0 bridgehead atoms. The van der Waals surface area contributed by atoms with E-state index in [4.69, 9.17) is 5.11 Å². The fourth-order valence-corrected chi connectivity index (χ4v) is 0.370. The molecule has 0 aromatic heterocycles. The van der Waals surface area contributed by atoms with Crippen molar-refractivity contribution in [3.63, 3.8) is 0 Å². The van der Waals surface area contributed by atoms with Crippen LogP contribution in [0.1, 0.15) is 0 Å². The first kappa shape index (κ1) is 11.0. The van der Waals surface area contributed by atoms with E-state index in [-0.39, 0.29) is 43.5 Å². The predicted octanol–water partition coefficient (Wildman–Crippen LogP) is 0.434. The van der Waals surface area contributed by atoms with Gasteiger partial charge < -0.3 is 5.11 Å². The Kier molecular flexibility index (Phi) is 11.1. The van der Waals surface area contributed by atoms with Crippen LogP contribution in [0.2, 0.25) is 0 Å². The van der Waals surface area contributed by atoms with Gasteiger partial charge in [0.05, 0.1) is 5.75 Å². The van der Waals surface area contributed by atoms with Crippen LogP contribution in [-0.4, -0.2) is 23.1 Å². The molecular weight excluding hydrogens is 140 g/mol. The van der Waals surface area contributed by atoms with Crippen molar-refractivity contribution in [1.82, 2.24) is 0 Å². The average molecular weight is 146 g/mol. The zero-order chi connectivity index (χ0) is 4.99. The second kappa shape index (κ2) is 7.08. The standard InChI is InChI=1S/C3H6O2S.Ar/c1-6-2-3(4)5;/h2H2,1H3,(H,4,5);. The molecule has 0 radical (unpaired) electrons. The van der Waals surface area contributed by atoms with E-state index in [0.717, 1.165) is 0 Å².